The number of carbonyl (C=O) groups is 4. The molecule has 2 fully saturated rings. The van der Waals surface area contributed by atoms with Crippen LogP contribution in [0.2, 0.25) is 0 Å². The Hall–Kier alpha value is -2.12. The predicted molar refractivity (Wildman–Crippen MR) is 116 cm³/mol. The molecule has 0 saturated carbocycles. The van der Waals surface area contributed by atoms with Gasteiger partial charge in [0.15, 0.2) is 0 Å². The van der Waals surface area contributed by atoms with Crippen LogP contribution < -0.4 is 11.5 Å². The molecule has 30 heavy (non-hydrogen) atoms. The lowest BCUT2D eigenvalue weighted by atomic mass is 10.0. The third kappa shape index (κ3) is 6.71. The fourth-order valence-corrected chi connectivity index (χ4v) is 4.63. The van der Waals surface area contributed by atoms with Crippen LogP contribution in [0, 0.1) is 5.92 Å². The fraction of sp³-hybridized carbons (Fsp3) is 0.818. The van der Waals surface area contributed by atoms with Crippen molar-refractivity contribution in [3.63, 3.8) is 0 Å². The van der Waals surface area contributed by atoms with Gasteiger partial charge < -0.3 is 21.3 Å². The maximum Gasteiger partial charge on any atom is 0.240 e. The fourth-order valence-electron chi connectivity index (χ4n) is 4.63. The number of nitrogens with two attached hydrogens (primary N) is 2. The molecular weight excluding hydrogens is 384 g/mol. The van der Waals surface area contributed by atoms with Crippen LogP contribution in [-0.2, 0) is 19.2 Å². The minimum Gasteiger partial charge on any atom is -0.368 e. The van der Waals surface area contributed by atoms with Crippen LogP contribution in [0.4, 0.5) is 0 Å². The molecule has 1 unspecified atom stereocenters. The maximum atomic E-state index is 11.7. The normalized spacial score (nSPS) is 23.2. The van der Waals surface area contributed by atoms with Crippen LogP contribution in [0.1, 0.15) is 85.5 Å². The second-order valence-electron chi connectivity index (χ2n) is 8.34. The highest BCUT2D eigenvalue weighted by atomic mass is 16.2. The zero-order valence-electron chi connectivity index (χ0n) is 19.1. The number of hydrogen-bond acceptors (Lipinski definition) is 4. The number of primary amides is 2. The van der Waals surface area contributed by atoms with Crippen molar-refractivity contribution in [2.75, 3.05) is 6.54 Å². The highest BCUT2D eigenvalue weighted by molar-refractivity contribution is 5.88. The van der Waals surface area contributed by atoms with Gasteiger partial charge in [0.25, 0.3) is 0 Å². The van der Waals surface area contributed by atoms with Crippen molar-refractivity contribution in [1.29, 1.82) is 0 Å². The Morgan fingerprint density at radius 2 is 1.50 bits per heavy atom. The van der Waals surface area contributed by atoms with Gasteiger partial charge in [-0.05, 0) is 38.0 Å². The number of hydrogen-bond donors (Lipinski definition) is 2. The summed E-state index contributed by atoms with van der Waals surface area (Å²) in [7, 11) is 0. The van der Waals surface area contributed by atoms with Gasteiger partial charge in [-0.3, -0.25) is 19.2 Å². The molecule has 2 heterocycles. The molecule has 0 aliphatic carbocycles. The molecular formula is C22H40N4O4. The molecule has 2 rings (SSSR count). The van der Waals surface area contributed by atoms with Crippen molar-refractivity contribution in [3.8, 4) is 0 Å². The summed E-state index contributed by atoms with van der Waals surface area (Å²) < 4.78 is 0. The smallest absolute Gasteiger partial charge is 0.240 e. The van der Waals surface area contributed by atoms with E-state index in [4.69, 9.17) is 11.5 Å². The van der Waals surface area contributed by atoms with E-state index in [9.17, 15) is 19.2 Å². The summed E-state index contributed by atoms with van der Waals surface area (Å²) in [4.78, 5) is 49.1. The first-order valence-corrected chi connectivity index (χ1v) is 11.4. The van der Waals surface area contributed by atoms with E-state index in [1.165, 1.54) is 0 Å². The van der Waals surface area contributed by atoms with Gasteiger partial charge in [-0.2, -0.15) is 0 Å². The number of rotatable bonds is 10. The first kappa shape index (κ1) is 25.9. The lowest BCUT2D eigenvalue weighted by molar-refractivity contribution is -0.138. The van der Waals surface area contributed by atoms with Crippen molar-refractivity contribution in [2.45, 2.75) is 104 Å². The number of carbonyl (C=O) groups excluding carboxylic acids is 4. The molecule has 0 aromatic heterocycles. The average molecular weight is 425 g/mol. The second-order valence-corrected chi connectivity index (χ2v) is 8.34. The first-order valence-electron chi connectivity index (χ1n) is 11.4. The van der Waals surface area contributed by atoms with Crippen LogP contribution in [0.15, 0.2) is 0 Å². The summed E-state index contributed by atoms with van der Waals surface area (Å²) in [5, 5.41) is 0. The predicted octanol–water partition coefficient (Wildman–Crippen LogP) is 1.94. The van der Waals surface area contributed by atoms with Crippen LogP contribution >= 0.6 is 0 Å². The maximum absolute atomic E-state index is 11.7. The molecule has 0 aromatic rings. The zero-order chi connectivity index (χ0) is 22.8. The first-order chi connectivity index (χ1) is 14.2. The number of nitrogens with zero attached hydrogens (tertiary/aromatic N) is 2. The SMILES string of the molecule is CCCC1CCC(=O)N1[C@@H](CC)C(N)=O.CCC[C@@H]1CC(=O)N([C@@H](CC)C(N)=O)C1. The zero-order valence-corrected chi connectivity index (χ0v) is 19.1. The molecule has 172 valence electrons. The van der Waals surface area contributed by atoms with Crippen molar-refractivity contribution >= 4 is 23.6 Å². The number of amides is 4. The van der Waals surface area contributed by atoms with Gasteiger partial charge in [0.1, 0.15) is 12.1 Å². The minimum atomic E-state index is -0.406. The lowest BCUT2D eigenvalue weighted by Crippen LogP contribution is -2.48. The molecule has 2 saturated heterocycles. The van der Waals surface area contributed by atoms with Gasteiger partial charge in [0, 0.05) is 25.4 Å². The standard InChI is InChI=1S/2C11H20N2O2/c1-3-5-8-6-10(14)13(7-8)9(4-2)11(12)15;1-3-5-8-6-7-10(14)13(8)9(4-2)11(12)15/h2*8-9H,3-7H2,1-2H3,(H2,12,15)/t8-,9+;8?,9-/m10/s1. The van der Waals surface area contributed by atoms with E-state index in [1.54, 1.807) is 9.80 Å². The Morgan fingerprint density at radius 1 is 0.933 bits per heavy atom. The molecule has 4 atom stereocenters. The molecule has 4 amide bonds. The summed E-state index contributed by atoms with van der Waals surface area (Å²) >= 11 is 0. The highest BCUT2D eigenvalue weighted by Gasteiger charge is 2.37. The molecule has 0 spiro atoms. The van der Waals surface area contributed by atoms with Crippen molar-refractivity contribution in [1.82, 2.24) is 9.80 Å². The summed E-state index contributed by atoms with van der Waals surface area (Å²) in [6.07, 6.45) is 7.37. The van der Waals surface area contributed by atoms with E-state index in [-0.39, 0.29) is 29.7 Å². The molecule has 8 nitrogen and oxygen atoms in total. The third-order valence-electron chi connectivity index (χ3n) is 6.07. The van der Waals surface area contributed by atoms with Crippen LogP contribution in [0.3, 0.4) is 0 Å². The van der Waals surface area contributed by atoms with E-state index in [2.05, 4.69) is 13.8 Å². The summed E-state index contributed by atoms with van der Waals surface area (Å²) in [6.45, 7) is 8.68. The van der Waals surface area contributed by atoms with Gasteiger partial charge in [0.2, 0.25) is 23.6 Å². The molecule has 8 heteroatoms. The monoisotopic (exact) mass is 424 g/mol. The van der Waals surface area contributed by atoms with Gasteiger partial charge >= 0.3 is 0 Å². The molecule has 0 radical (unpaired) electrons. The van der Waals surface area contributed by atoms with Crippen LogP contribution in [0.25, 0.3) is 0 Å². The van der Waals surface area contributed by atoms with Crippen LogP contribution in [0.5, 0.6) is 0 Å². The second kappa shape index (κ2) is 12.5. The quantitative estimate of drug-likeness (QED) is 0.555. The molecule has 0 bridgehead atoms. The molecule has 2 aliphatic heterocycles. The largest absolute Gasteiger partial charge is 0.368 e. The topological polar surface area (TPSA) is 127 Å². The Morgan fingerprint density at radius 3 is 1.97 bits per heavy atom. The summed E-state index contributed by atoms with van der Waals surface area (Å²) in [5.41, 5.74) is 10.6. The highest BCUT2D eigenvalue weighted by Crippen LogP contribution is 2.26. The van der Waals surface area contributed by atoms with E-state index in [0.29, 0.717) is 38.1 Å². The van der Waals surface area contributed by atoms with E-state index in [0.717, 1.165) is 32.1 Å². The number of likely N-dealkylation sites (tertiary alicyclic amines) is 2. The molecule has 2 aliphatic rings. The Bertz CT molecular complexity index is 608. The van der Waals surface area contributed by atoms with E-state index in [1.807, 2.05) is 13.8 Å². The van der Waals surface area contributed by atoms with E-state index < -0.39 is 12.1 Å². The summed E-state index contributed by atoms with van der Waals surface area (Å²) in [5.74, 6) is -0.189. The lowest BCUT2D eigenvalue weighted by Gasteiger charge is -2.30. The van der Waals surface area contributed by atoms with Crippen LogP contribution in [-0.4, -0.2) is 58.1 Å². The van der Waals surface area contributed by atoms with Gasteiger partial charge in [-0.15, -0.1) is 0 Å². The average Bonchev–Trinajstić information content (AvgIpc) is 3.21. The third-order valence-corrected chi connectivity index (χ3v) is 6.07. The van der Waals surface area contributed by atoms with Gasteiger partial charge in [-0.1, -0.05) is 40.5 Å². The Balaban J connectivity index is 0.000000300. The van der Waals surface area contributed by atoms with Gasteiger partial charge in [0.05, 0.1) is 0 Å². The van der Waals surface area contributed by atoms with Crippen molar-refractivity contribution in [2.24, 2.45) is 17.4 Å². The molecule has 0 aromatic carbocycles. The summed E-state index contributed by atoms with van der Waals surface area (Å²) in [6, 6.07) is -0.587. The van der Waals surface area contributed by atoms with Crippen molar-refractivity contribution < 1.29 is 19.2 Å². The van der Waals surface area contributed by atoms with Gasteiger partial charge in [-0.25, -0.2) is 0 Å². The Kier molecular flexibility index (Phi) is 10.8. The Labute approximate surface area is 180 Å². The van der Waals surface area contributed by atoms with Crippen molar-refractivity contribution in [3.05, 3.63) is 0 Å². The van der Waals surface area contributed by atoms with E-state index >= 15 is 0 Å². The minimum absolute atomic E-state index is 0.0825. The molecule has 4 N–H and O–H groups in total.